The van der Waals surface area contributed by atoms with E-state index in [1.54, 1.807) is 0 Å². The summed E-state index contributed by atoms with van der Waals surface area (Å²) in [5, 5.41) is 5.82. The number of hydrogen-bond acceptors (Lipinski definition) is 3. The Balaban J connectivity index is 1.59. The molecule has 1 heterocycles. The lowest BCUT2D eigenvalue weighted by Crippen LogP contribution is -2.25. The van der Waals surface area contributed by atoms with E-state index in [2.05, 4.69) is 34.4 Å². The number of anilines is 1. The number of aromatic amines is 1. The number of benzene rings is 2. The minimum Gasteiger partial charge on any atom is -0.352 e. The van der Waals surface area contributed by atoms with Crippen LogP contribution in [-0.4, -0.2) is 28.3 Å². The van der Waals surface area contributed by atoms with E-state index in [9.17, 15) is 9.59 Å². The summed E-state index contributed by atoms with van der Waals surface area (Å²) in [6.07, 6.45) is 3.04. The van der Waals surface area contributed by atoms with Crippen LogP contribution in [0.1, 0.15) is 55.4 Å². The van der Waals surface area contributed by atoms with Crippen molar-refractivity contribution in [1.29, 1.82) is 0 Å². The van der Waals surface area contributed by atoms with E-state index in [1.807, 2.05) is 49.4 Å². The fourth-order valence-corrected chi connectivity index (χ4v) is 3.17. The van der Waals surface area contributed by atoms with Crippen LogP contribution in [0.4, 0.5) is 5.69 Å². The molecule has 3 rings (SSSR count). The maximum absolute atomic E-state index is 12.3. The molecule has 0 radical (unpaired) electrons. The predicted molar refractivity (Wildman–Crippen MR) is 121 cm³/mol. The highest BCUT2D eigenvalue weighted by Crippen LogP contribution is 2.16. The molecule has 6 heteroatoms. The second-order valence-electron chi connectivity index (χ2n) is 7.95. The summed E-state index contributed by atoms with van der Waals surface area (Å²) in [5.74, 6) is 1.42. The van der Waals surface area contributed by atoms with Crippen molar-refractivity contribution in [2.24, 2.45) is 5.92 Å². The number of carbonyl (C=O) groups is 2. The summed E-state index contributed by atoms with van der Waals surface area (Å²) >= 11 is 0. The number of fused-ring (bicyclic) bond motifs is 1. The summed E-state index contributed by atoms with van der Waals surface area (Å²) < 4.78 is 0. The first-order valence-electron chi connectivity index (χ1n) is 10.6. The Hall–Kier alpha value is -3.15. The molecule has 0 spiro atoms. The molecule has 0 fully saturated rings. The van der Waals surface area contributed by atoms with Crippen molar-refractivity contribution in [2.75, 3.05) is 11.9 Å². The molecule has 2 amide bonds. The second kappa shape index (κ2) is 10.1. The summed E-state index contributed by atoms with van der Waals surface area (Å²) in [6, 6.07) is 13.5. The molecule has 0 aliphatic heterocycles. The standard InChI is InChI=1S/C24H30N4O2/c1-4-23(29)26-19-9-5-17(6-10-19)7-12-22-27-20-11-8-18(15-21(20)28-22)24(30)25-14-13-16(2)3/h5-6,8-11,15-16H,4,7,12-14H2,1-3H3,(H,25,30)(H,26,29)(H,27,28). The number of rotatable bonds is 9. The quantitative estimate of drug-likeness (QED) is 0.490. The maximum Gasteiger partial charge on any atom is 0.251 e. The van der Waals surface area contributed by atoms with Gasteiger partial charge in [0.2, 0.25) is 5.91 Å². The molecule has 0 saturated heterocycles. The van der Waals surface area contributed by atoms with E-state index in [4.69, 9.17) is 0 Å². The topological polar surface area (TPSA) is 86.9 Å². The number of nitrogens with one attached hydrogen (secondary N) is 3. The molecule has 1 aromatic heterocycles. The van der Waals surface area contributed by atoms with Crippen LogP contribution in [0, 0.1) is 5.92 Å². The van der Waals surface area contributed by atoms with Gasteiger partial charge in [-0.05, 0) is 54.7 Å². The number of H-pyrrole nitrogens is 1. The number of aromatic nitrogens is 2. The van der Waals surface area contributed by atoms with Crippen molar-refractivity contribution in [3.05, 3.63) is 59.4 Å². The van der Waals surface area contributed by atoms with E-state index >= 15 is 0 Å². The Morgan fingerprint density at radius 1 is 1.07 bits per heavy atom. The molecular formula is C24H30N4O2. The van der Waals surface area contributed by atoms with Gasteiger partial charge in [-0.2, -0.15) is 0 Å². The second-order valence-corrected chi connectivity index (χ2v) is 7.95. The molecular weight excluding hydrogens is 376 g/mol. The van der Waals surface area contributed by atoms with Gasteiger partial charge in [-0.25, -0.2) is 4.98 Å². The molecule has 3 N–H and O–H groups in total. The normalized spacial score (nSPS) is 11.1. The van der Waals surface area contributed by atoms with Crippen LogP contribution in [0.5, 0.6) is 0 Å². The smallest absolute Gasteiger partial charge is 0.251 e. The lowest BCUT2D eigenvalue weighted by molar-refractivity contribution is -0.115. The largest absolute Gasteiger partial charge is 0.352 e. The molecule has 30 heavy (non-hydrogen) atoms. The maximum atomic E-state index is 12.3. The van der Waals surface area contributed by atoms with E-state index in [0.29, 0.717) is 24.4 Å². The molecule has 0 aliphatic carbocycles. The number of nitrogens with zero attached hydrogens (tertiary/aromatic N) is 1. The van der Waals surface area contributed by atoms with Gasteiger partial charge in [-0.3, -0.25) is 9.59 Å². The molecule has 0 saturated carbocycles. The number of aryl methyl sites for hydroxylation is 2. The molecule has 2 aromatic carbocycles. The highest BCUT2D eigenvalue weighted by molar-refractivity contribution is 5.97. The molecule has 6 nitrogen and oxygen atoms in total. The van der Waals surface area contributed by atoms with Gasteiger partial charge in [0.05, 0.1) is 11.0 Å². The van der Waals surface area contributed by atoms with Crippen LogP contribution in [0.25, 0.3) is 11.0 Å². The van der Waals surface area contributed by atoms with E-state index in [-0.39, 0.29) is 11.8 Å². The molecule has 0 aliphatic rings. The van der Waals surface area contributed by atoms with Crippen molar-refractivity contribution in [2.45, 2.75) is 46.5 Å². The average molecular weight is 407 g/mol. The Labute approximate surface area is 177 Å². The fraction of sp³-hybridized carbons (Fsp3) is 0.375. The van der Waals surface area contributed by atoms with Crippen molar-refractivity contribution in [3.63, 3.8) is 0 Å². The Morgan fingerprint density at radius 3 is 2.53 bits per heavy atom. The lowest BCUT2D eigenvalue weighted by atomic mass is 10.1. The number of hydrogen-bond donors (Lipinski definition) is 3. The van der Waals surface area contributed by atoms with Crippen LogP contribution in [0.15, 0.2) is 42.5 Å². The van der Waals surface area contributed by atoms with E-state index in [1.165, 1.54) is 5.56 Å². The summed E-state index contributed by atoms with van der Waals surface area (Å²) in [5.41, 5.74) is 4.37. The lowest BCUT2D eigenvalue weighted by Gasteiger charge is -2.07. The first-order chi connectivity index (χ1) is 14.4. The fourth-order valence-electron chi connectivity index (χ4n) is 3.17. The van der Waals surface area contributed by atoms with E-state index < -0.39 is 0 Å². The predicted octanol–water partition coefficient (Wildman–Crippen LogP) is 4.47. The Kier molecular flexibility index (Phi) is 7.22. The number of carbonyl (C=O) groups excluding carboxylic acids is 2. The SMILES string of the molecule is CCC(=O)Nc1ccc(CCc2nc3ccc(C(=O)NCCC(C)C)cc3[nH]2)cc1. The molecule has 0 unspecified atom stereocenters. The van der Waals surface area contributed by atoms with Crippen molar-refractivity contribution in [3.8, 4) is 0 Å². The van der Waals surface area contributed by atoms with Gasteiger partial charge in [-0.1, -0.05) is 32.9 Å². The minimum absolute atomic E-state index is 0.0120. The third-order valence-electron chi connectivity index (χ3n) is 5.01. The Bertz CT molecular complexity index is 1010. The molecule has 3 aromatic rings. The van der Waals surface area contributed by atoms with Crippen molar-refractivity contribution >= 4 is 28.5 Å². The van der Waals surface area contributed by atoms with E-state index in [0.717, 1.165) is 41.8 Å². The van der Waals surface area contributed by atoms with Gasteiger partial charge < -0.3 is 15.6 Å². The summed E-state index contributed by atoms with van der Waals surface area (Å²) in [7, 11) is 0. The third kappa shape index (κ3) is 5.92. The van der Waals surface area contributed by atoms with Crippen molar-refractivity contribution < 1.29 is 9.59 Å². The van der Waals surface area contributed by atoms with Gasteiger partial charge in [0.15, 0.2) is 0 Å². The number of amides is 2. The third-order valence-corrected chi connectivity index (χ3v) is 5.01. The summed E-state index contributed by atoms with van der Waals surface area (Å²) in [4.78, 5) is 31.8. The molecule has 0 bridgehead atoms. The highest BCUT2D eigenvalue weighted by Gasteiger charge is 2.09. The van der Waals surface area contributed by atoms with Gasteiger partial charge in [0.25, 0.3) is 5.91 Å². The zero-order chi connectivity index (χ0) is 21.5. The van der Waals surface area contributed by atoms with Gasteiger partial charge in [0.1, 0.15) is 5.82 Å². The highest BCUT2D eigenvalue weighted by atomic mass is 16.2. The average Bonchev–Trinajstić information content (AvgIpc) is 3.15. The number of imidazole rings is 1. The van der Waals surface area contributed by atoms with Crippen molar-refractivity contribution in [1.82, 2.24) is 15.3 Å². The zero-order valence-corrected chi connectivity index (χ0v) is 17.9. The zero-order valence-electron chi connectivity index (χ0n) is 17.9. The Morgan fingerprint density at radius 2 is 1.83 bits per heavy atom. The van der Waals surface area contributed by atoms with Gasteiger partial charge >= 0.3 is 0 Å². The van der Waals surface area contributed by atoms with Gasteiger partial charge in [0, 0.05) is 30.6 Å². The minimum atomic E-state index is -0.0519. The van der Waals surface area contributed by atoms with Crippen LogP contribution >= 0.6 is 0 Å². The van der Waals surface area contributed by atoms with Crippen LogP contribution in [0.3, 0.4) is 0 Å². The van der Waals surface area contributed by atoms with Crippen LogP contribution < -0.4 is 10.6 Å². The molecule has 158 valence electrons. The van der Waals surface area contributed by atoms with Crippen LogP contribution in [0.2, 0.25) is 0 Å². The van der Waals surface area contributed by atoms with Crippen LogP contribution in [-0.2, 0) is 17.6 Å². The van der Waals surface area contributed by atoms with Gasteiger partial charge in [-0.15, -0.1) is 0 Å². The summed E-state index contributed by atoms with van der Waals surface area (Å²) in [6.45, 7) is 6.80. The first kappa shape index (κ1) is 21.6. The monoisotopic (exact) mass is 406 g/mol. The molecule has 0 atom stereocenters. The first-order valence-corrected chi connectivity index (χ1v) is 10.6.